The number of likely N-dealkylation sites (tertiary alicyclic amines) is 1. The summed E-state index contributed by atoms with van der Waals surface area (Å²) in [6.07, 6.45) is 9.20. The highest BCUT2D eigenvalue weighted by atomic mass is 15.2. The Labute approximate surface area is 76.1 Å². The van der Waals surface area contributed by atoms with Crippen LogP contribution in [0.15, 0.2) is 0 Å². The second kappa shape index (κ2) is 4.52. The Hall–Kier alpha value is -0.480. The molecule has 12 heavy (non-hydrogen) atoms. The molecule has 0 amide bonds. The first-order valence-electron chi connectivity index (χ1n) is 4.94. The first kappa shape index (κ1) is 9.61. The number of hydrogen-bond donors (Lipinski definition) is 0. The molecule has 0 saturated carbocycles. The molecule has 0 radical (unpaired) electrons. The van der Waals surface area contributed by atoms with E-state index in [0.717, 1.165) is 5.92 Å². The standard InChI is InChI=1S/C11H19N/c1-4-11-6-5-8-12(11)9-7-10(2)3/h1,10-11H,5-9H2,2-3H3. The molecule has 0 aromatic rings. The van der Waals surface area contributed by atoms with E-state index in [-0.39, 0.29) is 0 Å². The molecule has 0 bridgehead atoms. The fourth-order valence-corrected chi connectivity index (χ4v) is 1.71. The van der Waals surface area contributed by atoms with E-state index < -0.39 is 0 Å². The Bertz CT molecular complexity index is 166. The molecule has 1 heterocycles. The van der Waals surface area contributed by atoms with Gasteiger partial charge in [0.25, 0.3) is 0 Å². The van der Waals surface area contributed by atoms with E-state index >= 15 is 0 Å². The Morgan fingerprint density at radius 2 is 2.33 bits per heavy atom. The van der Waals surface area contributed by atoms with Gasteiger partial charge in [-0.15, -0.1) is 6.42 Å². The van der Waals surface area contributed by atoms with Gasteiger partial charge in [0, 0.05) is 0 Å². The van der Waals surface area contributed by atoms with Gasteiger partial charge in [0.05, 0.1) is 6.04 Å². The maximum Gasteiger partial charge on any atom is 0.0712 e. The maximum atomic E-state index is 5.44. The van der Waals surface area contributed by atoms with Gasteiger partial charge < -0.3 is 0 Å². The second-order valence-electron chi connectivity index (χ2n) is 4.04. The first-order chi connectivity index (χ1) is 5.74. The van der Waals surface area contributed by atoms with Crippen molar-refractivity contribution in [3.8, 4) is 12.3 Å². The van der Waals surface area contributed by atoms with Crippen LogP contribution >= 0.6 is 0 Å². The van der Waals surface area contributed by atoms with Gasteiger partial charge in [-0.1, -0.05) is 19.8 Å². The Morgan fingerprint density at radius 1 is 1.58 bits per heavy atom. The molecule has 0 spiro atoms. The predicted molar refractivity (Wildman–Crippen MR) is 52.9 cm³/mol. The molecular weight excluding hydrogens is 146 g/mol. The zero-order valence-electron chi connectivity index (χ0n) is 8.21. The fraction of sp³-hybridized carbons (Fsp3) is 0.818. The largest absolute Gasteiger partial charge is 0.290 e. The molecular formula is C11H19N. The summed E-state index contributed by atoms with van der Waals surface area (Å²) in [5.41, 5.74) is 0. The van der Waals surface area contributed by atoms with E-state index in [1.165, 1.54) is 32.4 Å². The lowest BCUT2D eigenvalue weighted by Gasteiger charge is -2.20. The Morgan fingerprint density at radius 3 is 2.92 bits per heavy atom. The van der Waals surface area contributed by atoms with Gasteiger partial charge in [-0.3, -0.25) is 4.90 Å². The first-order valence-corrected chi connectivity index (χ1v) is 4.94. The van der Waals surface area contributed by atoms with Crippen LogP contribution in [0.4, 0.5) is 0 Å². The molecule has 0 aromatic carbocycles. The van der Waals surface area contributed by atoms with E-state index in [2.05, 4.69) is 24.7 Å². The molecule has 1 aliphatic rings. The molecule has 0 aromatic heterocycles. The minimum atomic E-state index is 0.434. The van der Waals surface area contributed by atoms with Gasteiger partial charge >= 0.3 is 0 Å². The monoisotopic (exact) mass is 165 g/mol. The third-order valence-corrected chi connectivity index (χ3v) is 2.55. The van der Waals surface area contributed by atoms with E-state index in [1.54, 1.807) is 0 Å². The highest BCUT2D eigenvalue weighted by Crippen LogP contribution is 2.17. The molecule has 1 rings (SSSR count). The summed E-state index contributed by atoms with van der Waals surface area (Å²) in [5, 5.41) is 0. The van der Waals surface area contributed by atoms with Crippen LogP contribution in [0, 0.1) is 18.3 Å². The van der Waals surface area contributed by atoms with Gasteiger partial charge in [-0.05, 0) is 38.3 Å². The lowest BCUT2D eigenvalue weighted by molar-refractivity contribution is 0.277. The molecule has 68 valence electrons. The van der Waals surface area contributed by atoms with Crippen LogP contribution < -0.4 is 0 Å². The summed E-state index contributed by atoms with van der Waals surface area (Å²) in [6, 6.07) is 0.434. The van der Waals surface area contributed by atoms with Crippen molar-refractivity contribution < 1.29 is 0 Å². The van der Waals surface area contributed by atoms with Crippen molar-refractivity contribution in [3.05, 3.63) is 0 Å². The van der Waals surface area contributed by atoms with Crippen molar-refractivity contribution in [2.24, 2.45) is 5.92 Å². The number of rotatable bonds is 3. The molecule has 1 aliphatic heterocycles. The predicted octanol–water partition coefficient (Wildman–Crippen LogP) is 2.13. The summed E-state index contributed by atoms with van der Waals surface area (Å²) in [4.78, 5) is 2.44. The van der Waals surface area contributed by atoms with Gasteiger partial charge in [0.2, 0.25) is 0 Å². The maximum absolute atomic E-state index is 5.44. The van der Waals surface area contributed by atoms with Crippen molar-refractivity contribution in [2.45, 2.75) is 39.2 Å². The number of hydrogen-bond acceptors (Lipinski definition) is 1. The molecule has 1 saturated heterocycles. The molecule has 0 aliphatic carbocycles. The minimum absolute atomic E-state index is 0.434. The van der Waals surface area contributed by atoms with Crippen LogP contribution in [0.5, 0.6) is 0 Å². The molecule has 1 unspecified atom stereocenters. The van der Waals surface area contributed by atoms with Crippen molar-refractivity contribution in [1.29, 1.82) is 0 Å². The number of nitrogens with zero attached hydrogens (tertiary/aromatic N) is 1. The van der Waals surface area contributed by atoms with Crippen molar-refractivity contribution in [1.82, 2.24) is 4.90 Å². The van der Waals surface area contributed by atoms with E-state index in [0.29, 0.717) is 6.04 Å². The average molecular weight is 165 g/mol. The smallest absolute Gasteiger partial charge is 0.0712 e. The lowest BCUT2D eigenvalue weighted by Crippen LogP contribution is -2.29. The summed E-state index contributed by atoms with van der Waals surface area (Å²) in [6.45, 7) is 6.93. The highest BCUT2D eigenvalue weighted by Gasteiger charge is 2.21. The Kier molecular flexibility index (Phi) is 3.62. The van der Waals surface area contributed by atoms with Gasteiger partial charge in [-0.25, -0.2) is 0 Å². The third-order valence-electron chi connectivity index (χ3n) is 2.55. The van der Waals surface area contributed by atoms with Gasteiger partial charge in [-0.2, -0.15) is 0 Å². The van der Waals surface area contributed by atoms with E-state index in [9.17, 15) is 0 Å². The van der Waals surface area contributed by atoms with E-state index in [1.807, 2.05) is 0 Å². The van der Waals surface area contributed by atoms with Crippen molar-refractivity contribution >= 4 is 0 Å². The van der Waals surface area contributed by atoms with Crippen LogP contribution in [0.2, 0.25) is 0 Å². The zero-order valence-corrected chi connectivity index (χ0v) is 8.21. The Balaban J connectivity index is 2.27. The second-order valence-corrected chi connectivity index (χ2v) is 4.04. The van der Waals surface area contributed by atoms with Crippen molar-refractivity contribution in [3.63, 3.8) is 0 Å². The molecule has 1 atom stereocenters. The summed E-state index contributed by atoms with van der Waals surface area (Å²) in [5.74, 6) is 3.66. The highest BCUT2D eigenvalue weighted by molar-refractivity contribution is 5.02. The van der Waals surface area contributed by atoms with Crippen LogP contribution in [-0.4, -0.2) is 24.0 Å². The SMILES string of the molecule is C#CC1CCCN1CCC(C)C. The van der Waals surface area contributed by atoms with Crippen LogP contribution in [0.1, 0.15) is 33.1 Å². The van der Waals surface area contributed by atoms with Crippen LogP contribution in [0.25, 0.3) is 0 Å². The molecule has 1 nitrogen and oxygen atoms in total. The summed E-state index contributed by atoms with van der Waals surface area (Å²) >= 11 is 0. The summed E-state index contributed by atoms with van der Waals surface area (Å²) in [7, 11) is 0. The molecule has 0 N–H and O–H groups in total. The lowest BCUT2D eigenvalue weighted by atomic mass is 10.1. The topological polar surface area (TPSA) is 3.24 Å². The van der Waals surface area contributed by atoms with Crippen molar-refractivity contribution in [2.75, 3.05) is 13.1 Å². The van der Waals surface area contributed by atoms with Gasteiger partial charge in [0.1, 0.15) is 0 Å². The summed E-state index contributed by atoms with van der Waals surface area (Å²) < 4.78 is 0. The molecule has 1 heteroatoms. The van der Waals surface area contributed by atoms with E-state index in [4.69, 9.17) is 6.42 Å². The fourth-order valence-electron chi connectivity index (χ4n) is 1.71. The third kappa shape index (κ3) is 2.53. The average Bonchev–Trinajstić information content (AvgIpc) is 2.47. The van der Waals surface area contributed by atoms with Crippen LogP contribution in [-0.2, 0) is 0 Å². The van der Waals surface area contributed by atoms with Gasteiger partial charge in [0.15, 0.2) is 0 Å². The minimum Gasteiger partial charge on any atom is -0.290 e. The normalized spacial score (nSPS) is 24.7. The molecule has 1 fully saturated rings. The van der Waals surface area contributed by atoms with Crippen LogP contribution in [0.3, 0.4) is 0 Å². The number of terminal acetylenes is 1. The zero-order chi connectivity index (χ0) is 8.97. The quantitative estimate of drug-likeness (QED) is 0.579.